The van der Waals surface area contributed by atoms with Gasteiger partial charge in [-0.3, -0.25) is 0 Å². The summed E-state index contributed by atoms with van der Waals surface area (Å²) < 4.78 is 0. The molecule has 3 rings (SSSR count). The molecule has 3 aliphatic rings. The van der Waals surface area contributed by atoms with E-state index < -0.39 is 0 Å². The van der Waals surface area contributed by atoms with Gasteiger partial charge in [-0.15, -0.1) is 0 Å². The molecule has 0 amide bonds. The predicted molar refractivity (Wildman–Crippen MR) is 41.5 cm³/mol. The molecule has 6 unspecified atom stereocenters. The average molecular weight is 136 g/mol. The molecule has 0 aromatic rings. The molecule has 2 bridgehead atoms. The summed E-state index contributed by atoms with van der Waals surface area (Å²) in [5.41, 5.74) is 0. The van der Waals surface area contributed by atoms with Crippen molar-refractivity contribution in [3.05, 3.63) is 0 Å². The zero-order chi connectivity index (χ0) is 6.88. The molecule has 0 N–H and O–H groups in total. The smallest absolute Gasteiger partial charge is 0.0349 e. The summed E-state index contributed by atoms with van der Waals surface area (Å²) in [6.07, 6.45) is 3.20. The van der Waals surface area contributed by atoms with Gasteiger partial charge in [0.1, 0.15) is 0 Å². The Hall–Kier alpha value is 0. The lowest BCUT2D eigenvalue weighted by molar-refractivity contribution is 0.247. The van der Waals surface area contributed by atoms with Crippen molar-refractivity contribution >= 4 is 0 Å². The number of hydrogen-bond donors (Lipinski definition) is 0. The maximum atomic E-state index is 2.48. The highest BCUT2D eigenvalue weighted by Gasteiger charge is 2.62. The summed E-state index contributed by atoms with van der Waals surface area (Å²) in [4.78, 5) is 0. The zero-order valence-electron chi connectivity index (χ0n) is 6.88. The van der Waals surface area contributed by atoms with Crippen molar-refractivity contribution in [2.45, 2.75) is 26.7 Å². The van der Waals surface area contributed by atoms with Crippen LogP contribution in [-0.4, -0.2) is 0 Å². The largest absolute Gasteiger partial charge is 0.0620 e. The molecule has 0 aliphatic heterocycles. The van der Waals surface area contributed by atoms with E-state index >= 15 is 0 Å². The highest BCUT2D eigenvalue weighted by Crippen LogP contribution is 2.69. The van der Waals surface area contributed by atoms with Gasteiger partial charge in [-0.2, -0.15) is 0 Å². The van der Waals surface area contributed by atoms with Crippen LogP contribution in [0.15, 0.2) is 0 Å². The molecule has 0 heteroatoms. The minimum Gasteiger partial charge on any atom is -0.0620 e. The molecule has 3 saturated carbocycles. The Bertz CT molecular complexity index is 155. The second-order valence-electron chi connectivity index (χ2n) is 4.85. The average Bonchev–Trinajstić information content (AvgIpc) is 2.57. The van der Waals surface area contributed by atoms with Crippen molar-refractivity contribution in [2.24, 2.45) is 35.5 Å². The first kappa shape index (κ1) is 5.62. The quantitative estimate of drug-likeness (QED) is 0.480. The fourth-order valence-electron chi connectivity index (χ4n) is 3.87. The summed E-state index contributed by atoms with van der Waals surface area (Å²) in [6, 6.07) is 0. The first-order valence-electron chi connectivity index (χ1n) is 4.79. The molecule has 0 saturated heterocycles. The summed E-state index contributed by atoms with van der Waals surface area (Å²) >= 11 is 0. The van der Waals surface area contributed by atoms with E-state index in [-0.39, 0.29) is 0 Å². The standard InChI is InChI=1S/C10H16/c1-5-6(2)8-3-7(5)9-4-10(8)9/h5-10H,3-4H2,1-2H3. The van der Waals surface area contributed by atoms with Gasteiger partial charge in [0.05, 0.1) is 0 Å². The van der Waals surface area contributed by atoms with Crippen LogP contribution in [0.3, 0.4) is 0 Å². The fourth-order valence-corrected chi connectivity index (χ4v) is 3.87. The van der Waals surface area contributed by atoms with Crippen LogP contribution in [0.25, 0.3) is 0 Å². The Morgan fingerprint density at radius 2 is 1.10 bits per heavy atom. The van der Waals surface area contributed by atoms with Crippen LogP contribution in [0.4, 0.5) is 0 Å². The molecular formula is C10H16. The van der Waals surface area contributed by atoms with Crippen LogP contribution in [0.2, 0.25) is 0 Å². The summed E-state index contributed by atoms with van der Waals surface area (Å²) in [5.74, 6) is 6.85. The molecule has 0 aromatic heterocycles. The minimum absolute atomic E-state index is 1.06. The Morgan fingerprint density at radius 3 is 1.50 bits per heavy atom. The Balaban J connectivity index is 1.96. The van der Waals surface area contributed by atoms with Crippen molar-refractivity contribution in [1.29, 1.82) is 0 Å². The van der Waals surface area contributed by atoms with E-state index in [2.05, 4.69) is 13.8 Å². The minimum atomic E-state index is 1.06. The molecule has 0 radical (unpaired) electrons. The van der Waals surface area contributed by atoms with E-state index in [4.69, 9.17) is 0 Å². The molecule has 3 fully saturated rings. The monoisotopic (exact) mass is 136 g/mol. The van der Waals surface area contributed by atoms with Gasteiger partial charge in [-0.1, -0.05) is 13.8 Å². The summed E-state index contributed by atoms with van der Waals surface area (Å²) in [5, 5.41) is 0. The van der Waals surface area contributed by atoms with Gasteiger partial charge in [-0.25, -0.2) is 0 Å². The maximum absolute atomic E-state index is 2.48. The van der Waals surface area contributed by atoms with E-state index in [1.165, 1.54) is 11.8 Å². The third kappa shape index (κ3) is 0.436. The van der Waals surface area contributed by atoms with E-state index in [1.54, 1.807) is 12.8 Å². The van der Waals surface area contributed by atoms with Gasteiger partial charge < -0.3 is 0 Å². The number of fused-ring (bicyclic) bond motifs is 5. The van der Waals surface area contributed by atoms with Crippen molar-refractivity contribution in [3.63, 3.8) is 0 Å². The van der Waals surface area contributed by atoms with Crippen molar-refractivity contribution < 1.29 is 0 Å². The van der Waals surface area contributed by atoms with Gasteiger partial charge in [0.15, 0.2) is 0 Å². The first-order valence-corrected chi connectivity index (χ1v) is 4.79. The van der Waals surface area contributed by atoms with Gasteiger partial charge in [-0.05, 0) is 48.3 Å². The lowest BCUT2D eigenvalue weighted by Gasteiger charge is -2.23. The molecule has 10 heavy (non-hydrogen) atoms. The molecular weight excluding hydrogens is 120 g/mol. The van der Waals surface area contributed by atoms with Gasteiger partial charge in [0, 0.05) is 0 Å². The van der Waals surface area contributed by atoms with E-state index in [0.717, 1.165) is 23.7 Å². The third-order valence-corrected chi connectivity index (χ3v) is 4.72. The van der Waals surface area contributed by atoms with Gasteiger partial charge in [0.25, 0.3) is 0 Å². The maximum Gasteiger partial charge on any atom is -0.0349 e. The molecule has 3 aliphatic carbocycles. The SMILES string of the molecule is CC1C(C)C2CC1C1CC21. The highest BCUT2D eigenvalue weighted by atomic mass is 14.7. The van der Waals surface area contributed by atoms with Gasteiger partial charge >= 0.3 is 0 Å². The van der Waals surface area contributed by atoms with Crippen LogP contribution in [0.5, 0.6) is 0 Å². The van der Waals surface area contributed by atoms with E-state index in [0.29, 0.717) is 0 Å². The predicted octanol–water partition coefficient (Wildman–Crippen LogP) is 2.54. The van der Waals surface area contributed by atoms with E-state index in [1.807, 2.05) is 0 Å². The third-order valence-electron chi connectivity index (χ3n) is 4.72. The van der Waals surface area contributed by atoms with Crippen LogP contribution < -0.4 is 0 Å². The molecule has 0 nitrogen and oxygen atoms in total. The molecule has 0 heterocycles. The Morgan fingerprint density at radius 1 is 0.700 bits per heavy atom. The summed E-state index contributed by atoms with van der Waals surface area (Å²) in [7, 11) is 0. The van der Waals surface area contributed by atoms with Crippen LogP contribution in [-0.2, 0) is 0 Å². The van der Waals surface area contributed by atoms with Crippen molar-refractivity contribution in [3.8, 4) is 0 Å². The molecule has 56 valence electrons. The first-order chi connectivity index (χ1) is 4.79. The second-order valence-corrected chi connectivity index (χ2v) is 4.85. The normalized spacial score (nSPS) is 70.2. The van der Waals surface area contributed by atoms with Crippen LogP contribution in [0.1, 0.15) is 26.7 Å². The number of rotatable bonds is 0. The lowest BCUT2D eigenvalue weighted by Crippen LogP contribution is -2.18. The highest BCUT2D eigenvalue weighted by molar-refractivity contribution is 5.10. The molecule has 6 atom stereocenters. The van der Waals surface area contributed by atoms with Crippen LogP contribution in [0, 0.1) is 35.5 Å². The molecule has 0 spiro atoms. The fraction of sp³-hybridized carbons (Fsp3) is 1.00. The number of hydrogen-bond acceptors (Lipinski definition) is 0. The summed E-state index contributed by atoms with van der Waals surface area (Å²) in [6.45, 7) is 4.95. The molecule has 0 aromatic carbocycles. The Labute approximate surface area is 63.0 Å². The van der Waals surface area contributed by atoms with Crippen molar-refractivity contribution in [1.82, 2.24) is 0 Å². The van der Waals surface area contributed by atoms with Crippen LogP contribution >= 0.6 is 0 Å². The lowest BCUT2D eigenvalue weighted by atomic mass is 9.82. The van der Waals surface area contributed by atoms with E-state index in [9.17, 15) is 0 Å². The topological polar surface area (TPSA) is 0 Å². The zero-order valence-corrected chi connectivity index (χ0v) is 6.88. The van der Waals surface area contributed by atoms with Crippen molar-refractivity contribution in [2.75, 3.05) is 0 Å². The Kier molecular flexibility index (Phi) is 0.810. The van der Waals surface area contributed by atoms with Gasteiger partial charge in [0.2, 0.25) is 0 Å². The second kappa shape index (κ2) is 1.44.